The molecule has 1 nitrogen and oxygen atoms in total. The lowest BCUT2D eigenvalue weighted by Crippen LogP contribution is -2.40. The molecule has 2 fully saturated rings. The molecule has 2 aliphatic rings. The number of fused-ring (bicyclic) bond motifs is 2. The van der Waals surface area contributed by atoms with Crippen molar-refractivity contribution in [2.75, 3.05) is 0 Å². The van der Waals surface area contributed by atoms with E-state index < -0.39 is 0 Å². The van der Waals surface area contributed by atoms with Crippen LogP contribution in [0.25, 0.3) is 0 Å². The van der Waals surface area contributed by atoms with E-state index >= 15 is 0 Å². The summed E-state index contributed by atoms with van der Waals surface area (Å²) in [6, 6.07) is 0.469. The summed E-state index contributed by atoms with van der Waals surface area (Å²) in [6.45, 7) is 7.18. The molecular formula is C10H20ClN. The highest BCUT2D eigenvalue weighted by Crippen LogP contribution is 2.64. The first-order chi connectivity index (χ1) is 4.98. The van der Waals surface area contributed by atoms with Gasteiger partial charge in [-0.15, -0.1) is 12.4 Å². The second-order valence-corrected chi connectivity index (χ2v) is 5.22. The fraction of sp³-hybridized carbons (Fsp3) is 1.00. The van der Waals surface area contributed by atoms with Gasteiger partial charge < -0.3 is 5.73 Å². The van der Waals surface area contributed by atoms with Crippen molar-refractivity contribution >= 4 is 12.4 Å². The number of rotatable bonds is 0. The molecule has 2 heteroatoms. The standard InChI is InChI=1S/C10H19N.ClH/c1-9(2)7-4-5-10(9,3)8(11)6-7;/h7-8H,4-6,11H2,1-3H3;1H/t7-,8+,10+;/m0./s1. The fourth-order valence-electron chi connectivity index (χ4n) is 3.27. The third-order valence-electron chi connectivity index (χ3n) is 4.86. The first-order valence-electron chi connectivity index (χ1n) is 4.74. The smallest absolute Gasteiger partial charge is 0.0101 e. The monoisotopic (exact) mass is 189 g/mol. The highest BCUT2D eigenvalue weighted by atomic mass is 35.5. The first kappa shape index (κ1) is 10.3. The normalized spacial score (nSPS) is 49.0. The van der Waals surface area contributed by atoms with Gasteiger partial charge in [-0.05, 0) is 36.0 Å². The van der Waals surface area contributed by atoms with Crippen molar-refractivity contribution in [1.82, 2.24) is 0 Å². The maximum absolute atomic E-state index is 6.13. The Morgan fingerprint density at radius 1 is 1.25 bits per heavy atom. The van der Waals surface area contributed by atoms with Crippen LogP contribution in [0, 0.1) is 16.7 Å². The zero-order valence-corrected chi connectivity index (χ0v) is 9.08. The summed E-state index contributed by atoms with van der Waals surface area (Å²) in [6.07, 6.45) is 4.03. The average molecular weight is 190 g/mol. The van der Waals surface area contributed by atoms with Gasteiger partial charge in [-0.1, -0.05) is 20.8 Å². The lowest BCUT2D eigenvalue weighted by molar-refractivity contribution is 0.136. The van der Waals surface area contributed by atoms with E-state index in [0.29, 0.717) is 16.9 Å². The quantitative estimate of drug-likeness (QED) is 0.623. The van der Waals surface area contributed by atoms with Crippen LogP contribution in [-0.2, 0) is 0 Å². The van der Waals surface area contributed by atoms with E-state index in [1.807, 2.05) is 0 Å². The Labute approximate surface area is 81.5 Å². The molecule has 2 bridgehead atoms. The first-order valence-corrected chi connectivity index (χ1v) is 4.74. The number of halogens is 1. The summed E-state index contributed by atoms with van der Waals surface area (Å²) in [5.74, 6) is 0.905. The Hall–Kier alpha value is 0.250. The van der Waals surface area contributed by atoms with E-state index in [9.17, 15) is 0 Å². The fourth-order valence-corrected chi connectivity index (χ4v) is 3.27. The molecule has 0 radical (unpaired) electrons. The van der Waals surface area contributed by atoms with Crippen LogP contribution in [-0.4, -0.2) is 6.04 Å². The van der Waals surface area contributed by atoms with Crippen LogP contribution in [0.4, 0.5) is 0 Å². The highest BCUT2D eigenvalue weighted by molar-refractivity contribution is 5.85. The van der Waals surface area contributed by atoms with E-state index in [2.05, 4.69) is 20.8 Å². The van der Waals surface area contributed by atoms with Crippen LogP contribution >= 0.6 is 12.4 Å². The summed E-state index contributed by atoms with van der Waals surface area (Å²) in [7, 11) is 0. The van der Waals surface area contributed by atoms with Crippen molar-refractivity contribution in [2.45, 2.75) is 46.1 Å². The van der Waals surface area contributed by atoms with Crippen LogP contribution in [0.15, 0.2) is 0 Å². The summed E-state index contributed by atoms with van der Waals surface area (Å²) in [5, 5.41) is 0. The third-order valence-corrected chi connectivity index (χ3v) is 4.86. The number of hydrogen-bond acceptors (Lipinski definition) is 1. The van der Waals surface area contributed by atoms with Crippen LogP contribution in [0.2, 0.25) is 0 Å². The average Bonchev–Trinajstić information content (AvgIpc) is 2.20. The number of hydrogen-bond donors (Lipinski definition) is 1. The van der Waals surface area contributed by atoms with Crippen molar-refractivity contribution < 1.29 is 0 Å². The zero-order chi connectivity index (χ0) is 8.28. The summed E-state index contributed by atoms with van der Waals surface area (Å²) in [5.41, 5.74) is 7.08. The van der Waals surface area contributed by atoms with Gasteiger partial charge in [0.2, 0.25) is 0 Å². The van der Waals surface area contributed by atoms with Crippen molar-refractivity contribution in [3.05, 3.63) is 0 Å². The lowest BCUT2D eigenvalue weighted by Gasteiger charge is -2.37. The molecule has 2 rings (SSSR count). The molecule has 0 aliphatic heterocycles. The maximum atomic E-state index is 6.13. The molecule has 2 aliphatic carbocycles. The lowest BCUT2D eigenvalue weighted by atomic mass is 9.69. The molecule has 0 aromatic carbocycles. The molecule has 12 heavy (non-hydrogen) atoms. The highest BCUT2D eigenvalue weighted by Gasteiger charge is 2.59. The molecule has 2 saturated carbocycles. The molecule has 0 aromatic rings. The van der Waals surface area contributed by atoms with Crippen LogP contribution in [0.5, 0.6) is 0 Å². The Bertz CT molecular complexity index is 190. The summed E-state index contributed by atoms with van der Waals surface area (Å²) in [4.78, 5) is 0. The van der Waals surface area contributed by atoms with E-state index in [1.54, 1.807) is 0 Å². The molecule has 0 heterocycles. The molecule has 0 unspecified atom stereocenters. The second-order valence-electron chi connectivity index (χ2n) is 5.22. The van der Waals surface area contributed by atoms with E-state index in [4.69, 9.17) is 5.73 Å². The maximum Gasteiger partial charge on any atom is 0.0101 e. The summed E-state index contributed by atoms with van der Waals surface area (Å²) >= 11 is 0. The largest absolute Gasteiger partial charge is 0.327 e. The topological polar surface area (TPSA) is 26.0 Å². The molecular weight excluding hydrogens is 170 g/mol. The van der Waals surface area contributed by atoms with Crippen LogP contribution in [0.3, 0.4) is 0 Å². The Morgan fingerprint density at radius 2 is 1.83 bits per heavy atom. The predicted molar refractivity (Wildman–Crippen MR) is 54.5 cm³/mol. The molecule has 2 N–H and O–H groups in total. The van der Waals surface area contributed by atoms with Gasteiger partial charge in [0.1, 0.15) is 0 Å². The predicted octanol–water partition coefficient (Wildman–Crippen LogP) is 2.58. The van der Waals surface area contributed by atoms with Gasteiger partial charge in [-0.3, -0.25) is 0 Å². The molecule has 0 amide bonds. The van der Waals surface area contributed by atoms with Crippen molar-refractivity contribution in [3.8, 4) is 0 Å². The van der Waals surface area contributed by atoms with Crippen molar-refractivity contribution in [1.29, 1.82) is 0 Å². The van der Waals surface area contributed by atoms with Crippen LogP contribution in [0.1, 0.15) is 40.0 Å². The van der Waals surface area contributed by atoms with Crippen molar-refractivity contribution in [3.63, 3.8) is 0 Å². The molecule has 72 valence electrons. The third kappa shape index (κ3) is 0.898. The van der Waals surface area contributed by atoms with Gasteiger partial charge in [-0.25, -0.2) is 0 Å². The summed E-state index contributed by atoms with van der Waals surface area (Å²) < 4.78 is 0. The zero-order valence-electron chi connectivity index (χ0n) is 8.26. The van der Waals surface area contributed by atoms with E-state index in [0.717, 1.165) is 5.92 Å². The van der Waals surface area contributed by atoms with Gasteiger partial charge in [0.15, 0.2) is 0 Å². The van der Waals surface area contributed by atoms with Crippen molar-refractivity contribution in [2.24, 2.45) is 22.5 Å². The van der Waals surface area contributed by atoms with Gasteiger partial charge in [0.05, 0.1) is 0 Å². The minimum atomic E-state index is 0. The van der Waals surface area contributed by atoms with E-state index in [-0.39, 0.29) is 12.4 Å². The Balaban J connectivity index is 0.000000720. The van der Waals surface area contributed by atoms with E-state index in [1.165, 1.54) is 19.3 Å². The van der Waals surface area contributed by atoms with Gasteiger partial charge in [0.25, 0.3) is 0 Å². The second kappa shape index (κ2) is 2.62. The van der Waals surface area contributed by atoms with Crippen LogP contribution < -0.4 is 5.73 Å². The molecule has 0 spiro atoms. The Kier molecular flexibility index (Phi) is 2.25. The molecule has 0 aromatic heterocycles. The Morgan fingerprint density at radius 3 is 2.00 bits per heavy atom. The van der Waals surface area contributed by atoms with Gasteiger partial charge >= 0.3 is 0 Å². The molecule has 3 atom stereocenters. The number of nitrogens with two attached hydrogens (primary N) is 1. The minimum Gasteiger partial charge on any atom is -0.327 e. The SMILES string of the molecule is CC1(C)[C@H]2CC[C@]1(C)[C@H](N)C2.Cl. The van der Waals surface area contributed by atoms with Gasteiger partial charge in [-0.2, -0.15) is 0 Å². The van der Waals surface area contributed by atoms with Gasteiger partial charge in [0, 0.05) is 6.04 Å². The molecule has 0 saturated heterocycles. The minimum absolute atomic E-state index is 0.